The molecule has 1 unspecified atom stereocenters. The van der Waals surface area contributed by atoms with Crippen molar-refractivity contribution in [2.75, 3.05) is 13.1 Å². The van der Waals surface area contributed by atoms with Crippen LogP contribution in [0.15, 0.2) is 49.1 Å². The molecule has 4 rings (SSSR count). The number of nitrogens with zero attached hydrogens (tertiary/aromatic N) is 4. The number of benzene rings is 1. The van der Waals surface area contributed by atoms with E-state index in [9.17, 15) is 9.18 Å². The topological polar surface area (TPSA) is 74.8 Å². The van der Waals surface area contributed by atoms with Crippen molar-refractivity contribution in [1.82, 2.24) is 24.8 Å². The number of halogens is 1. The average Bonchev–Trinajstić information content (AvgIpc) is 3.23. The summed E-state index contributed by atoms with van der Waals surface area (Å²) in [5.74, 6) is 0.488. The maximum absolute atomic E-state index is 13.4. The van der Waals surface area contributed by atoms with Crippen molar-refractivity contribution in [2.45, 2.75) is 19.3 Å². The lowest BCUT2D eigenvalue weighted by Crippen LogP contribution is -2.40. The van der Waals surface area contributed by atoms with Gasteiger partial charge in [0.1, 0.15) is 11.5 Å². The van der Waals surface area contributed by atoms with Gasteiger partial charge in [-0.05, 0) is 43.4 Å². The molecule has 3 heterocycles. The second kappa shape index (κ2) is 7.65. The Balaban J connectivity index is 1.44. The van der Waals surface area contributed by atoms with Crippen molar-refractivity contribution in [3.8, 4) is 11.5 Å². The Morgan fingerprint density at radius 3 is 3.07 bits per heavy atom. The minimum atomic E-state index is -0.389. The number of aromatic amines is 1. The zero-order chi connectivity index (χ0) is 18.6. The van der Waals surface area contributed by atoms with Crippen LogP contribution in [-0.2, 0) is 6.42 Å². The molecule has 6 nitrogen and oxygen atoms in total. The molecule has 27 heavy (non-hydrogen) atoms. The number of hydrogen-bond acceptors (Lipinski definition) is 4. The minimum Gasteiger partial charge on any atom is -0.343 e. The van der Waals surface area contributed by atoms with E-state index in [0.29, 0.717) is 36.1 Å². The number of rotatable bonds is 4. The van der Waals surface area contributed by atoms with Gasteiger partial charge in [-0.1, -0.05) is 6.07 Å². The Bertz CT molecular complexity index is 928. The molecule has 0 radical (unpaired) electrons. The second-order valence-electron chi connectivity index (χ2n) is 6.81. The molecule has 1 atom stereocenters. The second-order valence-corrected chi connectivity index (χ2v) is 6.81. The molecule has 138 valence electrons. The van der Waals surface area contributed by atoms with Gasteiger partial charge in [0.15, 0.2) is 5.82 Å². The van der Waals surface area contributed by atoms with Crippen molar-refractivity contribution in [1.29, 1.82) is 0 Å². The number of amides is 1. The third-order valence-electron chi connectivity index (χ3n) is 4.80. The first-order chi connectivity index (χ1) is 13.2. The summed E-state index contributed by atoms with van der Waals surface area (Å²) in [6.45, 7) is 1.34. The number of hydrogen-bond donors (Lipinski definition) is 1. The van der Waals surface area contributed by atoms with E-state index in [-0.39, 0.29) is 11.7 Å². The van der Waals surface area contributed by atoms with Gasteiger partial charge in [0, 0.05) is 37.2 Å². The van der Waals surface area contributed by atoms with E-state index in [1.165, 1.54) is 12.1 Å². The lowest BCUT2D eigenvalue weighted by atomic mass is 9.93. The van der Waals surface area contributed by atoms with E-state index >= 15 is 0 Å². The monoisotopic (exact) mass is 365 g/mol. The van der Waals surface area contributed by atoms with Crippen molar-refractivity contribution < 1.29 is 9.18 Å². The molecule has 0 bridgehead atoms. The molecular weight excluding hydrogens is 345 g/mol. The standard InChI is InChI=1S/C20H20FN5O/c21-16-5-1-4-15(10-16)20(27)26-8-2-3-14(13-26)9-17-11-22-12-18(25-17)19-23-6-7-24-19/h1,4-7,10-12,14H,2-3,8-9,13H2,(H,23,24). The van der Waals surface area contributed by atoms with Crippen LogP contribution >= 0.6 is 0 Å². The first-order valence-corrected chi connectivity index (χ1v) is 9.04. The highest BCUT2D eigenvalue weighted by molar-refractivity contribution is 5.94. The smallest absolute Gasteiger partial charge is 0.253 e. The molecule has 1 aliphatic heterocycles. The molecule has 0 saturated carbocycles. The maximum atomic E-state index is 13.4. The van der Waals surface area contributed by atoms with Crippen LogP contribution in [0.4, 0.5) is 4.39 Å². The van der Waals surface area contributed by atoms with Crippen molar-refractivity contribution in [3.63, 3.8) is 0 Å². The van der Waals surface area contributed by atoms with Crippen molar-refractivity contribution in [3.05, 3.63) is 66.1 Å². The van der Waals surface area contributed by atoms with E-state index in [4.69, 9.17) is 0 Å². The van der Waals surface area contributed by atoms with Crippen LogP contribution in [0.1, 0.15) is 28.9 Å². The Morgan fingerprint density at radius 2 is 2.26 bits per heavy atom. The SMILES string of the molecule is O=C(c1cccc(F)c1)N1CCCC(Cc2cncc(-c3ncc[nH]3)n2)C1. The quantitative estimate of drug-likeness (QED) is 0.771. The number of carbonyl (C=O) groups is 1. The lowest BCUT2D eigenvalue weighted by Gasteiger charge is -2.32. The van der Waals surface area contributed by atoms with Crippen LogP contribution in [-0.4, -0.2) is 43.8 Å². The van der Waals surface area contributed by atoms with E-state index in [2.05, 4.69) is 19.9 Å². The summed E-state index contributed by atoms with van der Waals surface area (Å²) < 4.78 is 13.4. The zero-order valence-corrected chi connectivity index (χ0v) is 14.8. The van der Waals surface area contributed by atoms with Gasteiger partial charge in [-0.25, -0.2) is 14.4 Å². The van der Waals surface area contributed by atoms with Gasteiger partial charge in [0.25, 0.3) is 5.91 Å². The number of piperidine rings is 1. The van der Waals surface area contributed by atoms with Gasteiger partial charge in [-0.3, -0.25) is 9.78 Å². The predicted octanol–water partition coefficient (Wildman–Crippen LogP) is 3.10. The summed E-state index contributed by atoms with van der Waals surface area (Å²) in [7, 11) is 0. The lowest BCUT2D eigenvalue weighted by molar-refractivity contribution is 0.0672. The van der Waals surface area contributed by atoms with Crippen LogP contribution in [0.25, 0.3) is 11.5 Å². The van der Waals surface area contributed by atoms with Crippen LogP contribution in [0, 0.1) is 11.7 Å². The summed E-state index contributed by atoms with van der Waals surface area (Å²) in [4.78, 5) is 30.6. The zero-order valence-electron chi connectivity index (χ0n) is 14.8. The first-order valence-electron chi connectivity index (χ1n) is 9.04. The number of likely N-dealkylation sites (tertiary alicyclic amines) is 1. The predicted molar refractivity (Wildman–Crippen MR) is 98.3 cm³/mol. The fourth-order valence-electron chi connectivity index (χ4n) is 3.54. The molecule has 2 aromatic heterocycles. The summed E-state index contributed by atoms with van der Waals surface area (Å²) >= 11 is 0. The Labute approximate surface area is 156 Å². The van der Waals surface area contributed by atoms with Gasteiger partial charge in [-0.2, -0.15) is 0 Å². The third kappa shape index (κ3) is 4.02. The molecule has 7 heteroatoms. The largest absolute Gasteiger partial charge is 0.343 e. The Kier molecular flexibility index (Phi) is 4.91. The van der Waals surface area contributed by atoms with Crippen molar-refractivity contribution >= 4 is 5.91 Å². The van der Waals surface area contributed by atoms with Gasteiger partial charge >= 0.3 is 0 Å². The number of aromatic nitrogens is 4. The van der Waals surface area contributed by atoms with E-state index < -0.39 is 0 Å². The van der Waals surface area contributed by atoms with Crippen LogP contribution in [0.3, 0.4) is 0 Å². The molecule has 1 aliphatic rings. The molecule has 1 fully saturated rings. The molecule has 3 aromatic rings. The van der Waals surface area contributed by atoms with Crippen LogP contribution in [0.2, 0.25) is 0 Å². The summed E-state index contributed by atoms with van der Waals surface area (Å²) in [6, 6.07) is 5.87. The molecule has 1 N–H and O–H groups in total. The molecule has 1 aromatic carbocycles. The summed E-state index contributed by atoms with van der Waals surface area (Å²) in [5, 5.41) is 0. The Hall–Kier alpha value is -3.09. The van der Waals surface area contributed by atoms with E-state index in [0.717, 1.165) is 25.0 Å². The highest BCUT2D eigenvalue weighted by atomic mass is 19.1. The summed E-state index contributed by atoms with van der Waals surface area (Å²) in [5.41, 5.74) is 1.99. The normalized spacial score (nSPS) is 17.1. The molecule has 0 aliphatic carbocycles. The number of H-pyrrole nitrogens is 1. The van der Waals surface area contributed by atoms with Crippen molar-refractivity contribution in [2.24, 2.45) is 5.92 Å². The fourth-order valence-corrected chi connectivity index (χ4v) is 3.54. The third-order valence-corrected chi connectivity index (χ3v) is 4.80. The van der Waals surface area contributed by atoms with Gasteiger partial charge in [-0.15, -0.1) is 0 Å². The fraction of sp³-hybridized carbons (Fsp3) is 0.300. The molecule has 0 spiro atoms. The first kappa shape index (κ1) is 17.3. The number of nitrogens with one attached hydrogen (secondary N) is 1. The van der Waals surface area contributed by atoms with Crippen LogP contribution < -0.4 is 0 Å². The maximum Gasteiger partial charge on any atom is 0.253 e. The number of imidazole rings is 1. The van der Waals surface area contributed by atoms with Gasteiger partial charge in [0.05, 0.1) is 11.9 Å². The molecule has 1 amide bonds. The molecular formula is C20H20FN5O. The van der Waals surface area contributed by atoms with E-state index in [1.54, 1.807) is 36.9 Å². The van der Waals surface area contributed by atoms with E-state index in [1.807, 2.05) is 4.90 Å². The Morgan fingerprint density at radius 1 is 1.33 bits per heavy atom. The van der Waals surface area contributed by atoms with Gasteiger partial charge in [0.2, 0.25) is 0 Å². The van der Waals surface area contributed by atoms with Crippen LogP contribution in [0.5, 0.6) is 0 Å². The minimum absolute atomic E-state index is 0.116. The molecule has 1 saturated heterocycles. The highest BCUT2D eigenvalue weighted by Crippen LogP contribution is 2.22. The summed E-state index contributed by atoms with van der Waals surface area (Å²) in [6.07, 6.45) is 9.58. The van der Waals surface area contributed by atoms with Gasteiger partial charge < -0.3 is 9.88 Å². The highest BCUT2D eigenvalue weighted by Gasteiger charge is 2.25. The average molecular weight is 365 g/mol. The number of carbonyl (C=O) groups excluding carboxylic acids is 1.